The number of hydrogen-bond acceptors (Lipinski definition) is 4. The van der Waals surface area contributed by atoms with Gasteiger partial charge in [-0.25, -0.2) is 9.69 Å². The van der Waals surface area contributed by atoms with Crippen LogP contribution in [-0.2, 0) is 16.2 Å². The molecule has 0 aromatic heterocycles. The Morgan fingerprint density at radius 2 is 1.58 bits per heavy atom. The summed E-state index contributed by atoms with van der Waals surface area (Å²) in [5.41, 5.74) is 1.98. The number of imide groups is 2. The first-order chi connectivity index (χ1) is 17.0. The Morgan fingerprint density at radius 3 is 2.25 bits per heavy atom. The standard InChI is InChI=1S/C25H15Br2Cl3N2O4/c1-12-2-4-16(29)10-21(12)32-24(34)17(23(33)31-25(32)35)6-13-7-18(26)22(19(27)8-13)36-11-14-3-5-15(28)9-20(14)30/h2-10H,11H2,1H3,(H,31,33,35)/b17-6+. The number of benzene rings is 3. The normalized spacial score (nSPS) is 14.9. The summed E-state index contributed by atoms with van der Waals surface area (Å²) in [6.45, 7) is 1.92. The molecule has 4 amide bonds. The summed E-state index contributed by atoms with van der Waals surface area (Å²) >= 11 is 25.2. The van der Waals surface area contributed by atoms with E-state index in [1.807, 2.05) is 0 Å². The minimum atomic E-state index is -0.848. The lowest BCUT2D eigenvalue weighted by molar-refractivity contribution is -0.122. The van der Waals surface area contributed by atoms with Crippen LogP contribution in [0.25, 0.3) is 6.08 Å². The van der Waals surface area contributed by atoms with E-state index in [2.05, 4.69) is 37.2 Å². The van der Waals surface area contributed by atoms with Crippen molar-refractivity contribution in [2.45, 2.75) is 13.5 Å². The van der Waals surface area contributed by atoms with Crippen molar-refractivity contribution in [3.8, 4) is 5.75 Å². The van der Waals surface area contributed by atoms with Crippen LogP contribution >= 0.6 is 66.7 Å². The molecule has 0 radical (unpaired) electrons. The van der Waals surface area contributed by atoms with Gasteiger partial charge in [0.05, 0.1) is 14.6 Å². The maximum atomic E-state index is 13.2. The average Bonchev–Trinajstić information content (AvgIpc) is 2.79. The van der Waals surface area contributed by atoms with Crippen molar-refractivity contribution in [1.29, 1.82) is 0 Å². The van der Waals surface area contributed by atoms with Gasteiger partial charge in [0, 0.05) is 20.6 Å². The number of amides is 4. The van der Waals surface area contributed by atoms with E-state index in [0.717, 1.165) is 10.5 Å². The van der Waals surface area contributed by atoms with Gasteiger partial charge in [-0.05, 0) is 92.4 Å². The lowest BCUT2D eigenvalue weighted by Gasteiger charge is -2.27. The number of barbiturate groups is 1. The van der Waals surface area contributed by atoms with E-state index in [1.165, 1.54) is 12.1 Å². The van der Waals surface area contributed by atoms with Crippen LogP contribution < -0.4 is 15.0 Å². The smallest absolute Gasteiger partial charge is 0.335 e. The second kappa shape index (κ2) is 10.9. The van der Waals surface area contributed by atoms with Gasteiger partial charge in [-0.2, -0.15) is 0 Å². The van der Waals surface area contributed by atoms with Gasteiger partial charge < -0.3 is 4.74 Å². The molecule has 6 nitrogen and oxygen atoms in total. The number of anilines is 1. The van der Waals surface area contributed by atoms with E-state index in [0.29, 0.717) is 40.9 Å². The minimum absolute atomic E-state index is 0.185. The zero-order valence-electron chi connectivity index (χ0n) is 18.4. The molecule has 0 bridgehead atoms. The first kappa shape index (κ1) is 26.7. The van der Waals surface area contributed by atoms with Crippen LogP contribution in [0.1, 0.15) is 16.7 Å². The second-order valence-corrected chi connectivity index (χ2v) is 10.7. The van der Waals surface area contributed by atoms with Crippen LogP contribution in [-0.4, -0.2) is 17.8 Å². The number of ether oxygens (including phenoxy) is 1. The monoisotopic (exact) mass is 670 g/mol. The average molecular weight is 674 g/mol. The number of rotatable bonds is 5. The summed E-state index contributed by atoms with van der Waals surface area (Å²) in [5, 5.41) is 3.56. The van der Waals surface area contributed by atoms with E-state index < -0.39 is 17.8 Å². The molecule has 3 aromatic carbocycles. The van der Waals surface area contributed by atoms with Gasteiger partial charge in [0.2, 0.25) is 0 Å². The lowest BCUT2D eigenvalue weighted by Crippen LogP contribution is -2.54. The van der Waals surface area contributed by atoms with Gasteiger partial charge in [0.15, 0.2) is 0 Å². The van der Waals surface area contributed by atoms with Gasteiger partial charge in [-0.3, -0.25) is 14.9 Å². The highest BCUT2D eigenvalue weighted by molar-refractivity contribution is 9.11. The van der Waals surface area contributed by atoms with Gasteiger partial charge in [-0.15, -0.1) is 0 Å². The van der Waals surface area contributed by atoms with Crippen molar-refractivity contribution in [1.82, 2.24) is 5.32 Å². The fourth-order valence-electron chi connectivity index (χ4n) is 3.46. The molecule has 1 saturated heterocycles. The van der Waals surface area contributed by atoms with Crippen molar-refractivity contribution in [3.05, 3.63) is 94.8 Å². The number of halogens is 5. The van der Waals surface area contributed by atoms with E-state index in [1.54, 1.807) is 49.4 Å². The lowest BCUT2D eigenvalue weighted by atomic mass is 10.1. The SMILES string of the molecule is Cc1ccc(Cl)cc1N1C(=O)NC(=O)/C(=C\c2cc(Br)c(OCc3ccc(Cl)cc3Cl)c(Br)c2)C1=O. The first-order valence-corrected chi connectivity index (χ1v) is 13.0. The predicted molar refractivity (Wildman–Crippen MR) is 148 cm³/mol. The van der Waals surface area contributed by atoms with Crippen LogP contribution in [0.2, 0.25) is 15.1 Å². The molecule has 1 aliphatic heterocycles. The largest absolute Gasteiger partial charge is 0.486 e. The molecule has 184 valence electrons. The number of nitrogens with zero attached hydrogens (tertiary/aromatic N) is 1. The third-order valence-electron chi connectivity index (χ3n) is 5.23. The number of nitrogens with one attached hydrogen (secondary N) is 1. The molecule has 0 aliphatic carbocycles. The third-order valence-corrected chi connectivity index (χ3v) is 7.23. The first-order valence-electron chi connectivity index (χ1n) is 10.3. The highest BCUT2D eigenvalue weighted by Gasteiger charge is 2.37. The Balaban J connectivity index is 1.63. The maximum Gasteiger partial charge on any atom is 0.335 e. The Bertz CT molecular complexity index is 1440. The zero-order valence-corrected chi connectivity index (χ0v) is 23.8. The van der Waals surface area contributed by atoms with Crippen LogP contribution in [0.5, 0.6) is 5.75 Å². The van der Waals surface area contributed by atoms with E-state index >= 15 is 0 Å². The summed E-state index contributed by atoms with van der Waals surface area (Å²) in [5.74, 6) is -1.07. The second-order valence-electron chi connectivity index (χ2n) is 7.73. The summed E-state index contributed by atoms with van der Waals surface area (Å²) in [6.07, 6.45) is 1.40. The Morgan fingerprint density at radius 1 is 0.944 bits per heavy atom. The molecule has 1 N–H and O–H groups in total. The van der Waals surface area contributed by atoms with Gasteiger partial charge >= 0.3 is 6.03 Å². The molecule has 36 heavy (non-hydrogen) atoms. The molecule has 3 aromatic rings. The summed E-state index contributed by atoms with van der Waals surface area (Å²) in [7, 11) is 0. The van der Waals surface area contributed by atoms with Gasteiger partial charge in [0.1, 0.15) is 17.9 Å². The Labute approximate surface area is 238 Å². The number of urea groups is 1. The van der Waals surface area contributed by atoms with Crippen LogP contribution in [0.3, 0.4) is 0 Å². The van der Waals surface area contributed by atoms with Gasteiger partial charge in [0.25, 0.3) is 11.8 Å². The van der Waals surface area contributed by atoms with Crippen molar-refractivity contribution in [2.24, 2.45) is 0 Å². The predicted octanol–water partition coefficient (Wildman–Crippen LogP) is 7.73. The molecule has 11 heteroatoms. The number of carbonyl (C=O) groups excluding carboxylic acids is 3. The number of aryl methyl sites for hydroxylation is 1. The zero-order chi connectivity index (χ0) is 26.1. The molecule has 1 aliphatic rings. The van der Waals surface area contributed by atoms with Gasteiger partial charge in [-0.1, -0.05) is 46.9 Å². The maximum absolute atomic E-state index is 13.2. The van der Waals surface area contributed by atoms with Crippen molar-refractivity contribution < 1.29 is 19.1 Å². The Kier molecular flexibility index (Phi) is 8.12. The molecule has 1 heterocycles. The fourth-order valence-corrected chi connectivity index (χ4v) is 5.54. The Hall–Kier alpha value is -2.36. The molecule has 0 saturated carbocycles. The highest BCUT2D eigenvalue weighted by Crippen LogP contribution is 2.37. The topological polar surface area (TPSA) is 75.7 Å². The molecular weight excluding hydrogens is 658 g/mol. The van der Waals surface area contributed by atoms with Crippen molar-refractivity contribution in [2.75, 3.05) is 4.90 Å². The van der Waals surface area contributed by atoms with Crippen LogP contribution in [0.15, 0.2) is 63.0 Å². The van der Waals surface area contributed by atoms with Crippen molar-refractivity contribution >= 4 is 96.3 Å². The molecular formula is C25H15Br2Cl3N2O4. The fraction of sp³-hybridized carbons (Fsp3) is 0.0800. The number of carbonyl (C=O) groups is 3. The van der Waals surface area contributed by atoms with E-state index in [-0.39, 0.29) is 17.9 Å². The molecule has 4 rings (SSSR count). The van der Waals surface area contributed by atoms with Crippen molar-refractivity contribution in [3.63, 3.8) is 0 Å². The summed E-state index contributed by atoms with van der Waals surface area (Å²) in [4.78, 5) is 39.2. The van der Waals surface area contributed by atoms with Crippen LogP contribution in [0.4, 0.5) is 10.5 Å². The van der Waals surface area contributed by atoms with Crippen LogP contribution in [0, 0.1) is 6.92 Å². The molecule has 1 fully saturated rings. The summed E-state index contributed by atoms with van der Waals surface area (Å²) < 4.78 is 7.05. The quantitative estimate of drug-likeness (QED) is 0.222. The molecule has 0 spiro atoms. The van der Waals surface area contributed by atoms with E-state index in [9.17, 15) is 14.4 Å². The molecule has 0 atom stereocenters. The molecule has 0 unspecified atom stereocenters. The number of hydrogen-bond donors (Lipinski definition) is 1. The highest BCUT2D eigenvalue weighted by atomic mass is 79.9. The minimum Gasteiger partial charge on any atom is -0.486 e. The van der Waals surface area contributed by atoms with E-state index in [4.69, 9.17) is 39.5 Å². The summed E-state index contributed by atoms with van der Waals surface area (Å²) in [6, 6.07) is 12.5. The third kappa shape index (κ3) is 5.63.